The van der Waals surface area contributed by atoms with Crippen LogP contribution < -0.4 is 0 Å². The highest BCUT2D eigenvalue weighted by molar-refractivity contribution is 5.77. The molecule has 1 aliphatic rings. The Morgan fingerprint density at radius 2 is 2.25 bits per heavy atom. The van der Waals surface area contributed by atoms with Crippen LogP contribution in [0.25, 0.3) is 0 Å². The van der Waals surface area contributed by atoms with Crippen LogP contribution in [0.1, 0.15) is 17.1 Å². The van der Waals surface area contributed by atoms with E-state index in [1.165, 1.54) is 5.56 Å². The van der Waals surface area contributed by atoms with Gasteiger partial charge in [-0.2, -0.15) is 0 Å². The Morgan fingerprint density at radius 3 is 3.00 bits per heavy atom. The predicted octanol–water partition coefficient (Wildman–Crippen LogP) is 0.899. The summed E-state index contributed by atoms with van der Waals surface area (Å²) in [5.74, 6) is 0.956. The van der Waals surface area contributed by atoms with E-state index in [1.54, 1.807) is 18.2 Å². The second kappa shape index (κ2) is 7.55. The SMILES string of the molecule is COCC(=O)N1CCn2cc(CN(C)Cc3cccnc3)nc2C1. The zero-order valence-corrected chi connectivity index (χ0v) is 14.2. The molecule has 0 N–H and O–H groups in total. The molecular formula is C17H23N5O2. The lowest BCUT2D eigenvalue weighted by molar-refractivity contribution is -0.136. The third kappa shape index (κ3) is 3.98. The van der Waals surface area contributed by atoms with Crippen LogP contribution in [0.4, 0.5) is 0 Å². The Morgan fingerprint density at radius 1 is 1.38 bits per heavy atom. The van der Waals surface area contributed by atoms with Gasteiger partial charge < -0.3 is 14.2 Å². The molecule has 0 saturated heterocycles. The molecule has 0 atom stereocenters. The van der Waals surface area contributed by atoms with Crippen molar-refractivity contribution < 1.29 is 9.53 Å². The topological polar surface area (TPSA) is 63.5 Å². The summed E-state index contributed by atoms with van der Waals surface area (Å²) in [7, 11) is 3.61. The molecule has 1 aliphatic heterocycles. The zero-order chi connectivity index (χ0) is 16.9. The first-order valence-electron chi connectivity index (χ1n) is 8.05. The smallest absolute Gasteiger partial charge is 0.249 e. The molecule has 0 radical (unpaired) electrons. The lowest BCUT2D eigenvalue weighted by Crippen LogP contribution is -2.40. The maximum atomic E-state index is 11.9. The molecule has 2 aromatic rings. The van der Waals surface area contributed by atoms with Gasteiger partial charge in [0, 0.05) is 51.9 Å². The molecule has 0 spiro atoms. The second-order valence-corrected chi connectivity index (χ2v) is 6.12. The summed E-state index contributed by atoms with van der Waals surface area (Å²) in [5.41, 5.74) is 2.21. The van der Waals surface area contributed by atoms with Crippen molar-refractivity contribution in [1.29, 1.82) is 0 Å². The van der Waals surface area contributed by atoms with Crippen LogP contribution in [0.5, 0.6) is 0 Å². The van der Waals surface area contributed by atoms with Gasteiger partial charge in [-0.1, -0.05) is 6.07 Å². The summed E-state index contributed by atoms with van der Waals surface area (Å²) in [6, 6.07) is 4.02. The predicted molar refractivity (Wildman–Crippen MR) is 88.9 cm³/mol. The number of pyridine rings is 1. The largest absolute Gasteiger partial charge is 0.375 e. The molecular weight excluding hydrogens is 306 g/mol. The Bertz CT molecular complexity index is 686. The van der Waals surface area contributed by atoms with Crippen molar-refractivity contribution in [1.82, 2.24) is 24.3 Å². The van der Waals surface area contributed by atoms with Gasteiger partial charge in [0.15, 0.2) is 0 Å². The van der Waals surface area contributed by atoms with Crippen molar-refractivity contribution in [3.8, 4) is 0 Å². The zero-order valence-electron chi connectivity index (χ0n) is 14.2. The molecule has 0 unspecified atom stereocenters. The van der Waals surface area contributed by atoms with Gasteiger partial charge in [-0.3, -0.25) is 14.7 Å². The second-order valence-electron chi connectivity index (χ2n) is 6.12. The number of carbonyl (C=O) groups excluding carboxylic acids is 1. The Hall–Kier alpha value is -2.25. The number of ether oxygens (including phenoxy) is 1. The van der Waals surface area contributed by atoms with Gasteiger partial charge in [0.2, 0.25) is 5.91 Å². The van der Waals surface area contributed by atoms with Crippen molar-refractivity contribution >= 4 is 5.91 Å². The molecule has 0 saturated carbocycles. The summed E-state index contributed by atoms with van der Waals surface area (Å²) in [6.45, 7) is 3.76. The quantitative estimate of drug-likeness (QED) is 0.788. The summed E-state index contributed by atoms with van der Waals surface area (Å²) >= 11 is 0. The molecule has 0 fully saturated rings. The number of aromatic nitrogens is 3. The van der Waals surface area contributed by atoms with Crippen LogP contribution in [-0.4, -0.2) is 57.6 Å². The summed E-state index contributed by atoms with van der Waals surface area (Å²) in [6.07, 6.45) is 5.75. The van der Waals surface area contributed by atoms with Gasteiger partial charge in [-0.25, -0.2) is 4.98 Å². The lowest BCUT2D eigenvalue weighted by atomic mass is 10.2. The average Bonchev–Trinajstić information content (AvgIpc) is 2.97. The Balaban J connectivity index is 1.60. The van der Waals surface area contributed by atoms with E-state index in [-0.39, 0.29) is 12.5 Å². The van der Waals surface area contributed by atoms with Crippen molar-refractivity contribution in [2.45, 2.75) is 26.2 Å². The van der Waals surface area contributed by atoms with Gasteiger partial charge in [0.25, 0.3) is 0 Å². The maximum absolute atomic E-state index is 11.9. The van der Waals surface area contributed by atoms with E-state index in [0.717, 1.165) is 31.2 Å². The first-order valence-corrected chi connectivity index (χ1v) is 8.05. The molecule has 0 bridgehead atoms. The number of amides is 1. The normalized spacial score (nSPS) is 14.0. The number of fused-ring (bicyclic) bond motifs is 1. The summed E-state index contributed by atoms with van der Waals surface area (Å²) in [4.78, 5) is 24.8. The molecule has 128 valence electrons. The molecule has 24 heavy (non-hydrogen) atoms. The fourth-order valence-corrected chi connectivity index (χ4v) is 2.95. The van der Waals surface area contributed by atoms with E-state index >= 15 is 0 Å². The number of methoxy groups -OCH3 is 1. The van der Waals surface area contributed by atoms with Gasteiger partial charge >= 0.3 is 0 Å². The summed E-state index contributed by atoms with van der Waals surface area (Å²) in [5, 5.41) is 0. The van der Waals surface area contributed by atoms with Crippen molar-refractivity contribution in [3.63, 3.8) is 0 Å². The highest BCUT2D eigenvalue weighted by Gasteiger charge is 2.22. The maximum Gasteiger partial charge on any atom is 0.249 e. The van der Waals surface area contributed by atoms with Crippen LogP contribution in [-0.2, 0) is 35.7 Å². The van der Waals surface area contributed by atoms with Crippen LogP contribution in [0, 0.1) is 0 Å². The Kier molecular flexibility index (Phi) is 5.22. The average molecular weight is 329 g/mol. The third-order valence-electron chi connectivity index (χ3n) is 4.08. The third-order valence-corrected chi connectivity index (χ3v) is 4.08. The van der Waals surface area contributed by atoms with Crippen LogP contribution >= 0.6 is 0 Å². The van der Waals surface area contributed by atoms with Gasteiger partial charge in [-0.15, -0.1) is 0 Å². The van der Waals surface area contributed by atoms with Gasteiger partial charge in [-0.05, 0) is 18.7 Å². The number of hydrogen-bond donors (Lipinski definition) is 0. The monoisotopic (exact) mass is 329 g/mol. The molecule has 1 amide bonds. The van der Waals surface area contributed by atoms with Gasteiger partial charge in [0.1, 0.15) is 12.4 Å². The number of imidazole rings is 1. The minimum Gasteiger partial charge on any atom is -0.375 e. The number of nitrogens with zero attached hydrogens (tertiary/aromatic N) is 5. The van der Waals surface area contributed by atoms with E-state index in [9.17, 15) is 4.79 Å². The molecule has 3 heterocycles. The molecule has 0 aromatic carbocycles. The van der Waals surface area contributed by atoms with Gasteiger partial charge in [0.05, 0.1) is 12.2 Å². The van der Waals surface area contributed by atoms with E-state index in [1.807, 2.05) is 12.3 Å². The van der Waals surface area contributed by atoms with E-state index in [0.29, 0.717) is 13.1 Å². The lowest BCUT2D eigenvalue weighted by Gasteiger charge is -2.27. The minimum absolute atomic E-state index is 0.0157. The number of rotatable bonds is 6. The van der Waals surface area contributed by atoms with Crippen LogP contribution in [0.3, 0.4) is 0 Å². The highest BCUT2D eigenvalue weighted by Crippen LogP contribution is 2.15. The number of carbonyl (C=O) groups is 1. The number of hydrogen-bond acceptors (Lipinski definition) is 5. The summed E-state index contributed by atoms with van der Waals surface area (Å²) < 4.78 is 7.07. The fourth-order valence-electron chi connectivity index (χ4n) is 2.95. The molecule has 7 nitrogen and oxygen atoms in total. The van der Waals surface area contributed by atoms with Crippen LogP contribution in [0.15, 0.2) is 30.7 Å². The van der Waals surface area contributed by atoms with E-state index in [4.69, 9.17) is 9.72 Å². The van der Waals surface area contributed by atoms with E-state index < -0.39 is 0 Å². The molecule has 3 rings (SSSR count). The molecule has 0 aliphatic carbocycles. The van der Waals surface area contributed by atoms with E-state index in [2.05, 4.69) is 33.8 Å². The van der Waals surface area contributed by atoms with Crippen LogP contribution in [0.2, 0.25) is 0 Å². The molecule has 2 aromatic heterocycles. The first-order chi connectivity index (χ1) is 11.7. The first kappa shape index (κ1) is 16.6. The Labute approximate surface area is 141 Å². The standard InChI is InChI=1S/C17H23N5O2/c1-20(9-14-4-3-5-18-8-14)10-15-11-21-6-7-22(12-16(21)19-15)17(23)13-24-2/h3-5,8,11H,6-7,9-10,12-13H2,1-2H3. The van der Waals surface area contributed by atoms with Crippen molar-refractivity contribution in [2.24, 2.45) is 0 Å². The van der Waals surface area contributed by atoms with Crippen molar-refractivity contribution in [3.05, 3.63) is 47.8 Å². The molecule has 7 heteroatoms. The highest BCUT2D eigenvalue weighted by atomic mass is 16.5. The fraction of sp³-hybridized carbons (Fsp3) is 0.471. The van der Waals surface area contributed by atoms with Crippen molar-refractivity contribution in [2.75, 3.05) is 27.3 Å². The minimum atomic E-state index is 0.0157.